The summed E-state index contributed by atoms with van der Waals surface area (Å²) in [5.74, 6) is -0.553. The van der Waals surface area contributed by atoms with Crippen molar-refractivity contribution in [3.8, 4) is 0 Å². The second-order valence-corrected chi connectivity index (χ2v) is 4.75. The molecular weight excluding hydrogens is 264 g/mol. The minimum Gasteiger partial charge on any atom is -0.366 e. The molecule has 0 aliphatic carbocycles. The third kappa shape index (κ3) is 3.69. The molecule has 2 amide bonds. The van der Waals surface area contributed by atoms with Crippen LogP contribution in [0.3, 0.4) is 0 Å². The summed E-state index contributed by atoms with van der Waals surface area (Å²) in [6, 6.07) is 16.3. The zero-order valence-electron chi connectivity index (χ0n) is 12.0. The molecule has 4 nitrogen and oxygen atoms in total. The van der Waals surface area contributed by atoms with Crippen LogP contribution in [-0.4, -0.2) is 23.3 Å². The number of carbonyl (C=O) groups excluding carboxylic acids is 2. The van der Waals surface area contributed by atoms with Crippen LogP contribution in [0.15, 0.2) is 54.6 Å². The fourth-order valence-electron chi connectivity index (χ4n) is 2.09. The molecule has 0 heterocycles. The van der Waals surface area contributed by atoms with E-state index in [4.69, 9.17) is 5.73 Å². The van der Waals surface area contributed by atoms with E-state index in [1.807, 2.05) is 37.3 Å². The van der Waals surface area contributed by atoms with E-state index in [-0.39, 0.29) is 5.91 Å². The van der Waals surface area contributed by atoms with Gasteiger partial charge in [-0.05, 0) is 36.8 Å². The molecule has 0 bridgehead atoms. The van der Waals surface area contributed by atoms with Gasteiger partial charge in [0.15, 0.2) is 0 Å². The third-order valence-electron chi connectivity index (χ3n) is 3.30. The van der Waals surface area contributed by atoms with E-state index >= 15 is 0 Å². The van der Waals surface area contributed by atoms with E-state index in [2.05, 4.69) is 0 Å². The molecule has 0 unspecified atom stereocenters. The Bertz CT molecular complexity index is 621. The summed E-state index contributed by atoms with van der Waals surface area (Å²) < 4.78 is 0. The van der Waals surface area contributed by atoms with Crippen molar-refractivity contribution in [2.45, 2.75) is 13.5 Å². The second kappa shape index (κ2) is 6.70. The molecule has 0 atom stereocenters. The van der Waals surface area contributed by atoms with E-state index in [1.54, 1.807) is 29.2 Å². The number of nitrogens with zero attached hydrogens (tertiary/aromatic N) is 1. The van der Waals surface area contributed by atoms with E-state index in [9.17, 15) is 9.59 Å². The number of primary amides is 1. The first-order valence-corrected chi connectivity index (χ1v) is 6.85. The van der Waals surface area contributed by atoms with Gasteiger partial charge in [0.1, 0.15) is 0 Å². The number of nitrogens with two attached hydrogens (primary N) is 1. The SMILES string of the molecule is CCN(Cc1ccccc1)C(=O)c1ccc(C(N)=O)cc1. The lowest BCUT2D eigenvalue weighted by Gasteiger charge is -2.21. The van der Waals surface area contributed by atoms with Crippen LogP contribution in [0.25, 0.3) is 0 Å². The number of carbonyl (C=O) groups is 2. The summed E-state index contributed by atoms with van der Waals surface area (Å²) in [5.41, 5.74) is 7.23. The van der Waals surface area contributed by atoms with Crippen molar-refractivity contribution in [2.75, 3.05) is 6.54 Å². The summed E-state index contributed by atoms with van der Waals surface area (Å²) in [4.78, 5) is 25.3. The average molecular weight is 282 g/mol. The molecule has 0 saturated carbocycles. The van der Waals surface area contributed by atoms with Gasteiger partial charge in [0.25, 0.3) is 5.91 Å². The van der Waals surface area contributed by atoms with Crippen molar-refractivity contribution in [3.63, 3.8) is 0 Å². The van der Waals surface area contributed by atoms with E-state index in [0.717, 1.165) is 5.56 Å². The highest BCUT2D eigenvalue weighted by Gasteiger charge is 2.14. The normalized spacial score (nSPS) is 10.1. The van der Waals surface area contributed by atoms with Gasteiger partial charge < -0.3 is 10.6 Å². The molecule has 0 aliphatic rings. The lowest BCUT2D eigenvalue weighted by molar-refractivity contribution is 0.0752. The molecule has 4 heteroatoms. The maximum absolute atomic E-state index is 12.5. The number of hydrogen-bond acceptors (Lipinski definition) is 2. The summed E-state index contributed by atoms with van der Waals surface area (Å²) in [6.07, 6.45) is 0. The topological polar surface area (TPSA) is 63.4 Å². The molecule has 0 aliphatic heterocycles. The molecule has 2 aromatic carbocycles. The predicted octanol–water partition coefficient (Wildman–Crippen LogP) is 2.45. The first-order valence-electron chi connectivity index (χ1n) is 6.85. The molecule has 2 rings (SSSR count). The van der Waals surface area contributed by atoms with Crippen LogP contribution in [0.4, 0.5) is 0 Å². The van der Waals surface area contributed by atoms with Gasteiger partial charge in [0, 0.05) is 24.2 Å². The van der Waals surface area contributed by atoms with Gasteiger partial charge in [-0.1, -0.05) is 30.3 Å². The lowest BCUT2D eigenvalue weighted by atomic mass is 10.1. The Morgan fingerprint density at radius 2 is 1.52 bits per heavy atom. The highest BCUT2D eigenvalue weighted by molar-refractivity contribution is 5.97. The largest absolute Gasteiger partial charge is 0.366 e. The summed E-state index contributed by atoms with van der Waals surface area (Å²) in [6.45, 7) is 3.12. The Morgan fingerprint density at radius 3 is 2.05 bits per heavy atom. The third-order valence-corrected chi connectivity index (χ3v) is 3.30. The average Bonchev–Trinajstić information content (AvgIpc) is 2.53. The maximum atomic E-state index is 12.5. The van der Waals surface area contributed by atoms with Gasteiger partial charge >= 0.3 is 0 Å². The minimum atomic E-state index is -0.495. The zero-order valence-corrected chi connectivity index (χ0v) is 12.0. The van der Waals surface area contributed by atoms with Gasteiger partial charge in [0.05, 0.1) is 0 Å². The number of hydrogen-bond donors (Lipinski definition) is 1. The predicted molar refractivity (Wildman–Crippen MR) is 81.8 cm³/mol. The standard InChI is InChI=1S/C17H18N2O2/c1-2-19(12-13-6-4-3-5-7-13)17(21)15-10-8-14(9-11-15)16(18)20/h3-11H,2,12H2,1H3,(H2,18,20). The van der Waals surface area contributed by atoms with Gasteiger partial charge in [-0.15, -0.1) is 0 Å². The molecule has 0 spiro atoms. The molecule has 21 heavy (non-hydrogen) atoms. The Kier molecular flexibility index (Phi) is 4.72. The summed E-state index contributed by atoms with van der Waals surface area (Å²) >= 11 is 0. The Balaban J connectivity index is 2.14. The Hall–Kier alpha value is -2.62. The summed E-state index contributed by atoms with van der Waals surface area (Å²) in [7, 11) is 0. The van der Waals surface area contributed by atoms with Gasteiger partial charge in [-0.3, -0.25) is 9.59 Å². The number of amides is 2. The molecule has 2 N–H and O–H groups in total. The summed E-state index contributed by atoms with van der Waals surface area (Å²) in [5, 5.41) is 0. The highest BCUT2D eigenvalue weighted by atomic mass is 16.2. The van der Waals surface area contributed by atoms with Crippen molar-refractivity contribution in [1.29, 1.82) is 0 Å². The van der Waals surface area contributed by atoms with Crippen LogP contribution >= 0.6 is 0 Å². The van der Waals surface area contributed by atoms with Gasteiger partial charge in [0.2, 0.25) is 5.91 Å². The van der Waals surface area contributed by atoms with Crippen LogP contribution in [0.5, 0.6) is 0 Å². The molecule has 0 radical (unpaired) electrons. The first-order chi connectivity index (χ1) is 10.1. The van der Waals surface area contributed by atoms with Crippen LogP contribution in [0.2, 0.25) is 0 Å². The van der Waals surface area contributed by atoms with Crippen LogP contribution in [0.1, 0.15) is 33.2 Å². The highest BCUT2D eigenvalue weighted by Crippen LogP contribution is 2.11. The number of benzene rings is 2. The second-order valence-electron chi connectivity index (χ2n) is 4.75. The maximum Gasteiger partial charge on any atom is 0.254 e. The Morgan fingerprint density at radius 1 is 0.952 bits per heavy atom. The van der Waals surface area contributed by atoms with Gasteiger partial charge in [-0.25, -0.2) is 0 Å². The van der Waals surface area contributed by atoms with Crippen molar-refractivity contribution in [3.05, 3.63) is 71.3 Å². The monoisotopic (exact) mass is 282 g/mol. The van der Waals surface area contributed by atoms with Crippen LogP contribution < -0.4 is 5.73 Å². The van der Waals surface area contributed by atoms with Crippen molar-refractivity contribution in [2.24, 2.45) is 5.73 Å². The molecule has 0 fully saturated rings. The smallest absolute Gasteiger partial charge is 0.254 e. The van der Waals surface area contributed by atoms with Crippen LogP contribution in [-0.2, 0) is 6.54 Å². The van der Waals surface area contributed by atoms with Gasteiger partial charge in [-0.2, -0.15) is 0 Å². The van der Waals surface area contributed by atoms with Crippen molar-refractivity contribution >= 4 is 11.8 Å². The van der Waals surface area contributed by atoms with Crippen molar-refractivity contribution in [1.82, 2.24) is 4.90 Å². The van der Waals surface area contributed by atoms with E-state index < -0.39 is 5.91 Å². The molecule has 108 valence electrons. The fourth-order valence-corrected chi connectivity index (χ4v) is 2.09. The quantitative estimate of drug-likeness (QED) is 0.915. The minimum absolute atomic E-state index is 0.0580. The molecule has 0 aromatic heterocycles. The van der Waals surface area contributed by atoms with E-state index in [0.29, 0.717) is 24.2 Å². The lowest BCUT2D eigenvalue weighted by Crippen LogP contribution is -2.30. The first kappa shape index (κ1) is 14.8. The zero-order chi connectivity index (χ0) is 15.2. The van der Waals surface area contributed by atoms with Crippen molar-refractivity contribution < 1.29 is 9.59 Å². The molecule has 0 saturated heterocycles. The molecular formula is C17H18N2O2. The number of rotatable bonds is 5. The van der Waals surface area contributed by atoms with E-state index in [1.165, 1.54) is 0 Å². The van der Waals surface area contributed by atoms with Crippen LogP contribution in [0, 0.1) is 0 Å². The molecule has 2 aromatic rings. The fraction of sp³-hybridized carbons (Fsp3) is 0.176. The Labute approximate surface area is 124 Å².